The van der Waals surface area contributed by atoms with Crippen LogP contribution in [-0.2, 0) is 6.42 Å². The molecule has 0 saturated carbocycles. The SMILES string of the molecule is CCNCCN(C)CCc1ccc(OC)cc1OC. The lowest BCUT2D eigenvalue weighted by molar-refractivity contribution is 0.333. The highest BCUT2D eigenvalue weighted by atomic mass is 16.5. The molecule has 0 bridgehead atoms. The van der Waals surface area contributed by atoms with Gasteiger partial charge in [0, 0.05) is 25.7 Å². The third kappa shape index (κ3) is 5.49. The Hall–Kier alpha value is -1.26. The van der Waals surface area contributed by atoms with E-state index in [1.165, 1.54) is 5.56 Å². The maximum atomic E-state index is 5.41. The van der Waals surface area contributed by atoms with E-state index in [9.17, 15) is 0 Å². The topological polar surface area (TPSA) is 33.7 Å². The Morgan fingerprint density at radius 1 is 1.16 bits per heavy atom. The van der Waals surface area contributed by atoms with Crippen molar-refractivity contribution in [2.45, 2.75) is 13.3 Å². The third-order valence-corrected chi connectivity index (χ3v) is 3.18. The van der Waals surface area contributed by atoms with Crippen LogP contribution in [0.15, 0.2) is 18.2 Å². The number of likely N-dealkylation sites (N-methyl/N-ethyl adjacent to an activating group) is 2. The summed E-state index contributed by atoms with van der Waals surface area (Å²) in [5.74, 6) is 1.74. The van der Waals surface area contributed by atoms with Crippen molar-refractivity contribution in [1.29, 1.82) is 0 Å². The summed E-state index contributed by atoms with van der Waals surface area (Å²) >= 11 is 0. The Kier molecular flexibility index (Phi) is 7.30. The average molecular weight is 266 g/mol. The number of nitrogens with one attached hydrogen (secondary N) is 1. The quantitative estimate of drug-likeness (QED) is 0.691. The van der Waals surface area contributed by atoms with Gasteiger partial charge in [-0.1, -0.05) is 13.0 Å². The van der Waals surface area contributed by atoms with Gasteiger partial charge in [0.2, 0.25) is 0 Å². The Balaban J connectivity index is 2.47. The predicted molar refractivity (Wildman–Crippen MR) is 79.3 cm³/mol. The molecular weight excluding hydrogens is 240 g/mol. The Morgan fingerprint density at radius 2 is 1.95 bits per heavy atom. The normalized spacial score (nSPS) is 10.8. The van der Waals surface area contributed by atoms with Crippen molar-refractivity contribution in [1.82, 2.24) is 10.2 Å². The number of nitrogens with zero attached hydrogens (tertiary/aromatic N) is 1. The molecule has 108 valence electrons. The van der Waals surface area contributed by atoms with Crippen molar-refractivity contribution >= 4 is 0 Å². The molecule has 19 heavy (non-hydrogen) atoms. The molecule has 0 fully saturated rings. The van der Waals surface area contributed by atoms with Crippen molar-refractivity contribution in [3.05, 3.63) is 23.8 Å². The van der Waals surface area contributed by atoms with E-state index in [1.54, 1.807) is 14.2 Å². The van der Waals surface area contributed by atoms with E-state index in [0.717, 1.165) is 44.1 Å². The van der Waals surface area contributed by atoms with Crippen LogP contribution < -0.4 is 14.8 Å². The molecule has 1 aromatic carbocycles. The molecule has 4 nitrogen and oxygen atoms in total. The average Bonchev–Trinajstić information content (AvgIpc) is 2.45. The van der Waals surface area contributed by atoms with Gasteiger partial charge in [-0.25, -0.2) is 0 Å². The summed E-state index contributed by atoms with van der Waals surface area (Å²) in [6.07, 6.45) is 0.982. The van der Waals surface area contributed by atoms with E-state index in [4.69, 9.17) is 9.47 Å². The van der Waals surface area contributed by atoms with Crippen LogP contribution in [0.25, 0.3) is 0 Å². The van der Waals surface area contributed by atoms with Gasteiger partial charge in [-0.2, -0.15) is 0 Å². The van der Waals surface area contributed by atoms with Crippen molar-refractivity contribution in [3.8, 4) is 11.5 Å². The predicted octanol–water partition coefficient (Wildman–Crippen LogP) is 1.79. The zero-order valence-corrected chi connectivity index (χ0v) is 12.5. The molecule has 0 aliphatic rings. The highest BCUT2D eigenvalue weighted by Gasteiger charge is 2.06. The van der Waals surface area contributed by atoms with Gasteiger partial charge < -0.3 is 19.7 Å². The Morgan fingerprint density at radius 3 is 2.58 bits per heavy atom. The third-order valence-electron chi connectivity index (χ3n) is 3.18. The molecule has 0 spiro atoms. The fraction of sp³-hybridized carbons (Fsp3) is 0.600. The molecule has 0 heterocycles. The molecule has 0 radical (unpaired) electrons. The maximum Gasteiger partial charge on any atom is 0.125 e. The largest absolute Gasteiger partial charge is 0.497 e. The van der Waals surface area contributed by atoms with Gasteiger partial charge in [0.1, 0.15) is 11.5 Å². The first-order valence-electron chi connectivity index (χ1n) is 6.81. The molecular formula is C15H26N2O2. The van der Waals surface area contributed by atoms with Crippen LogP contribution in [-0.4, -0.2) is 52.3 Å². The van der Waals surface area contributed by atoms with Gasteiger partial charge >= 0.3 is 0 Å². The van der Waals surface area contributed by atoms with Crippen molar-refractivity contribution in [2.24, 2.45) is 0 Å². The van der Waals surface area contributed by atoms with Crippen molar-refractivity contribution in [3.63, 3.8) is 0 Å². The molecule has 0 saturated heterocycles. The molecule has 4 heteroatoms. The van der Waals surface area contributed by atoms with E-state index < -0.39 is 0 Å². The Bertz CT molecular complexity index is 369. The van der Waals surface area contributed by atoms with E-state index in [1.807, 2.05) is 12.1 Å². The number of hydrogen-bond donors (Lipinski definition) is 1. The monoisotopic (exact) mass is 266 g/mol. The summed E-state index contributed by atoms with van der Waals surface area (Å²) < 4.78 is 10.6. The van der Waals surface area contributed by atoms with Gasteiger partial charge in [0.05, 0.1) is 14.2 Å². The molecule has 0 aromatic heterocycles. The fourth-order valence-electron chi connectivity index (χ4n) is 1.93. The first-order valence-corrected chi connectivity index (χ1v) is 6.81. The summed E-state index contributed by atoms with van der Waals surface area (Å²) in [5, 5.41) is 3.33. The number of ether oxygens (including phenoxy) is 2. The molecule has 1 rings (SSSR count). The van der Waals surface area contributed by atoms with E-state index in [-0.39, 0.29) is 0 Å². The highest BCUT2D eigenvalue weighted by molar-refractivity contribution is 5.40. The lowest BCUT2D eigenvalue weighted by Crippen LogP contribution is -2.30. The van der Waals surface area contributed by atoms with Gasteiger partial charge in [0.15, 0.2) is 0 Å². The zero-order valence-electron chi connectivity index (χ0n) is 12.5. The Labute approximate surface area is 116 Å². The second-order valence-corrected chi connectivity index (χ2v) is 4.58. The van der Waals surface area contributed by atoms with E-state index in [0.29, 0.717) is 0 Å². The van der Waals surface area contributed by atoms with Crippen LogP contribution in [0.4, 0.5) is 0 Å². The van der Waals surface area contributed by atoms with Gasteiger partial charge in [-0.3, -0.25) is 0 Å². The molecule has 0 aliphatic carbocycles. The van der Waals surface area contributed by atoms with Crippen LogP contribution in [0.1, 0.15) is 12.5 Å². The number of rotatable bonds is 9. The van der Waals surface area contributed by atoms with Crippen molar-refractivity contribution in [2.75, 3.05) is 47.4 Å². The summed E-state index contributed by atoms with van der Waals surface area (Å²) in [5.41, 5.74) is 1.22. The van der Waals surface area contributed by atoms with Crippen LogP contribution in [0, 0.1) is 0 Å². The molecule has 1 N–H and O–H groups in total. The fourth-order valence-corrected chi connectivity index (χ4v) is 1.93. The molecule has 0 atom stereocenters. The minimum atomic E-state index is 0.834. The minimum absolute atomic E-state index is 0.834. The summed E-state index contributed by atoms with van der Waals surface area (Å²) in [6, 6.07) is 6.00. The molecule has 0 aliphatic heterocycles. The zero-order chi connectivity index (χ0) is 14.1. The smallest absolute Gasteiger partial charge is 0.125 e. The van der Waals surface area contributed by atoms with Gasteiger partial charge in [-0.15, -0.1) is 0 Å². The van der Waals surface area contributed by atoms with Gasteiger partial charge in [-0.05, 0) is 31.6 Å². The van der Waals surface area contributed by atoms with E-state index >= 15 is 0 Å². The van der Waals surface area contributed by atoms with Crippen LogP contribution in [0.5, 0.6) is 11.5 Å². The number of hydrogen-bond acceptors (Lipinski definition) is 4. The van der Waals surface area contributed by atoms with Crippen molar-refractivity contribution < 1.29 is 9.47 Å². The van der Waals surface area contributed by atoms with Crippen LogP contribution in [0.3, 0.4) is 0 Å². The number of benzene rings is 1. The number of methoxy groups -OCH3 is 2. The molecule has 1 aromatic rings. The first-order chi connectivity index (χ1) is 9.21. The minimum Gasteiger partial charge on any atom is -0.497 e. The summed E-state index contributed by atoms with van der Waals surface area (Å²) in [7, 11) is 5.52. The van der Waals surface area contributed by atoms with Crippen LogP contribution >= 0.6 is 0 Å². The van der Waals surface area contributed by atoms with E-state index in [2.05, 4.69) is 30.3 Å². The lowest BCUT2D eigenvalue weighted by atomic mass is 10.1. The lowest BCUT2D eigenvalue weighted by Gasteiger charge is -2.17. The second kappa shape index (κ2) is 8.77. The second-order valence-electron chi connectivity index (χ2n) is 4.58. The van der Waals surface area contributed by atoms with Crippen LogP contribution in [0.2, 0.25) is 0 Å². The molecule has 0 amide bonds. The molecule has 0 unspecified atom stereocenters. The standard InChI is InChI=1S/C15H26N2O2/c1-5-16-9-11-17(2)10-8-13-6-7-14(18-3)12-15(13)19-4/h6-7,12,16H,5,8-11H2,1-4H3. The first kappa shape index (κ1) is 15.8. The van der Waals surface area contributed by atoms with Gasteiger partial charge in [0.25, 0.3) is 0 Å². The maximum absolute atomic E-state index is 5.41. The summed E-state index contributed by atoms with van der Waals surface area (Å²) in [6.45, 7) is 6.27. The highest BCUT2D eigenvalue weighted by Crippen LogP contribution is 2.24. The summed E-state index contributed by atoms with van der Waals surface area (Å²) in [4.78, 5) is 2.33.